The number of hydrogen-bond acceptors (Lipinski definition) is 7. The molecule has 9 nitrogen and oxygen atoms in total. The lowest BCUT2D eigenvalue weighted by molar-refractivity contribution is -0.274. The summed E-state index contributed by atoms with van der Waals surface area (Å²) in [5.74, 6) is 0.754. The Hall–Kier alpha value is -4.67. The Morgan fingerprint density at radius 1 is 1.05 bits per heavy atom. The van der Waals surface area contributed by atoms with Gasteiger partial charge in [0.15, 0.2) is 10.9 Å². The van der Waals surface area contributed by atoms with E-state index in [0.717, 1.165) is 16.8 Å². The van der Waals surface area contributed by atoms with Crippen LogP contribution in [0.2, 0.25) is 0 Å². The first kappa shape index (κ1) is 30.3. The Balaban J connectivity index is 1.41. The van der Waals surface area contributed by atoms with E-state index in [4.69, 9.17) is 17.5 Å². The summed E-state index contributed by atoms with van der Waals surface area (Å²) in [6, 6.07) is 22.9. The van der Waals surface area contributed by atoms with Crippen molar-refractivity contribution in [3.05, 3.63) is 83.9 Å². The molecule has 13 heteroatoms. The maximum atomic E-state index is 12.5. The van der Waals surface area contributed by atoms with Gasteiger partial charge in [-0.15, -0.1) is 18.3 Å². The number of anilines is 2. The molecular weight excluding hydrogens is 565 g/mol. The van der Waals surface area contributed by atoms with Crippen LogP contribution in [0.15, 0.2) is 72.8 Å². The smallest absolute Gasteiger partial charge is 0.406 e. The van der Waals surface area contributed by atoms with Crippen molar-refractivity contribution in [3.63, 3.8) is 0 Å². The van der Waals surface area contributed by atoms with Gasteiger partial charge in [-0.25, -0.2) is 5.43 Å². The van der Waals surface area contributed by atoms with Crippen molar-refractivity contribution in [2.75, 3.05) is 17.2 Å². The normalized spacial score (nSPS) is 11.2. The molecule has 1 aromatic heterocycles. The first-order chi connectivity index (χ1) is 20.1. The second kappa shape index (κ2) is 13.8. The minimum Gasteiger partial charge on any atom is -0.406 e. The van der Waals surface area contributed by atoms with Crippen molar-refractivity contribution in [2.45, 2.75) is 39.1 Å². The highest BCUT2D eigenvalue weighted by atomic mass is 32.1. The number of para-hydroxylation sites is 1. The summed E-state index contributed by atoms with van der Waals surface area (Å²) in [4.78, 5) is 4.55. The van der Waals surface area contributed by atoms with Crippen LogP contribution >= 0.6 is 12.2 Å². The number of rotatable bonds is 11. The number of nitrogens with one attached hydrogen (secondary N) is 4. The average molecular weight is 595 g/mol. The van der Waals surface area contributed by atoms with Crippen LogP contribution in [0.5, 0.6) is 5.75 Å². The molecule has 0 bridgehead atoms. The lowest BCUT2D eigenvalue weighted by atomic mass is 10.0. The number of benzene rings is 3. The molecule has 1 heterocycles. The van der Waals surface area contributed by atoms with E-state index >= 15 is 0 Å². The van der Waals surface area contributed by atoms with E-state index in [0.29, 0.717) is 41.6 Å². The van der Waals surface area contributed by atoms with Gasteiger partial charge in [-0.3, -0.25) is 5.43 Å². The van der Waals surface area contributed by atoms with Gasteiger partial charge in [0.2, 0.25) is 5.95 Å². The molecule has 4 aromatic rings. The van der Waals surface area contributed by atoms with Gasteiger partial charge in [0.25, 0.3) is 0 Å². The first-order valence-corrected chi connectivity index (χ1v) is 13.5. The largest absolute Gasteiger partial charge is 0.573 e. The molecule has 0 amide bonds. The maximum Gasteiger partial charge on any atom is 0.573 e. The third-order valence-electron chi connectivity index (χ3n) is 5.98. The molecule has 0 saturated carbocycles. The van der Waals surface area contributed by atoms with E-state index in [1.165, 1.54) is 34.5 Å². The lowest BCUT2D eigenvalue weighted by Crippen LogP contribution is -2.39. The van der Waals surface area contributed by atoms with Crippen molar-refractivity contribution < 1.29 is 17.9 Å². The molecule has 0 radical (unpaired) electrons. The molecule has 0 aliphatic rings. The monoisotopic (exact) mass is 594 g/mol. The summed E-state index contributed by atoms with van der Waals surface area (Å²) >= 11 is 5.42. The highest BCUT2D eigenvalue weighted by Gasteiger charge is 2.31. The van der Waals surface area contributed by atoms with Crippen LogP contribution in [0.1, 0.15) is 37.3 Å². The van der Waals surface area contributed by atoms with Crippen LogP contribution in [-0.4, -0.2) is 32.8 Å². The number of ether oxygens (including phenoxy) is 1. The molecule has 4 rings (SSSR count). The summed E-state index contributed by atoms with van der Waals surface area (Å²) in [5.41, 5.74) is 10.4. The number of halogens is 3. The quantitative estimate of drug-likeness (QED) is 0.0907. The Morgan fingerprint density at radius 2 is 1.76 bits per heavy atom. The predicted octanol–water partition coefficient (Wildman–Crippen LogP) is 6.27. The molecule has 3 aromatic carbocycles. The minimum absolute atomic E-state index is 0.236. The van der Waals surface area contributed by atoms with E-state index in [-0.39, 0.29) is 12.2 Å². The van der Waals surface area contributed by atoms with Crippen molar-refractivity contribution in [3.8, 4) is 28.9 Å². The topological polar surface area (TPSA) is 112 Å². The zero-order valence-corrected chi connectivity index (χ0v) is 23.7. The van der Waals surface area contributed by atoms with Gasteiger partial charge in [0, 0.05) is 24.3 Å². The van der Waals surface area contributed by atoms with E-state index in [1.807, 2.05) is 48.5 Å². The van der Waals surface area contributed by atoms with Crippen molar-refractivity contribution in [2.24, 2.45) is 0 Å². The van der Waals surface area contributed by atoms with Crippen molar-refractivity contribution in [1.29, 1.82) is 5.26 Å². The third kappa shape index (κ3) is 8.42. The summed E-state index contributed by atoms with van der Waals surface area (Å²) in [6.07, 6.45) is -4.55. The SMILES string of the molecule is CC(C)c1ccccc1NC(=S)NNCc1ccc(-c2nc(NCCC#N)n(-c3ccc(OC(F)(F)F)cc3)n2)cc1. The fraction of sp³-hybridized carbons (Fsp3) is 0.241. The van der Waals surface area contributed by atoms with E-state index in [9.17, 15) is 13.2 Å². The number of hydrogen-bond donors (Lipinski definition) is 4. The van der Waals surface area contributed by atoms with Gasteiger partial charge in [-0.1, -0.05) is 56.3 Å². The van der Waals surface area contributed by atoms with Crippen LogP contribution in [0.4, 0.5) is 24.8 Å². The van der Waals surface area contributed by atoms with E-state index in [2.05, 4.69) is 56.2 Å². The maximum absolute atomic E-state index is 12.5. The number of thiocarbonyl (C=S) groups is 1. The molecule has 0 aliphatic heterocycles. The van der Waals surface area contributed by atoms with Gasteiger partial charge in [-0.05, 0) is 59.6 Å². The number of hydrazine groups is 1. The fourth-order valence-electron chi connectivity index (χ4n) is 4.01. The van der Waals surface area contributed by atoms with Gasteiger partial charge in [-0.2, -0.15) is 14.9 Å². The van der Waals surface area contributed by atoms with Crippen LogP contribution in [0.3, 0.4) is 0 Å². The minimum atomic E-state index is -4.79. The highest BCUT2D eigenvalue weighted by Crippen LogP contribution is 2.26. The van der Waals surface area contributed by atoms with Crippen LogP contribution in [0, 0.1) is 11.3 Å². The number of nitrogens with zero attached hydrogens (tertiary/aromatic N) is 4. The Bertz CT molecular complexity index is 1530. The lowest BCUT2D eigenvalue weighted by Gasteiger charge is -2.16. The summed E-state index contributed by atoms with van der Waals surface area (Å²) in [5, 5.41) is 20.2. The molecule has 0 fully saturated rings. The standard InChI is InChI=1S/C29H29F3N8OS/c1-19(2)24-6-3-4-7-25(24)36-28(42)38-35-18-20-8-10-21(11-9-20)26-37-27(34-17-5-16-33)40(39-26)22-12-14-23(15-13-22)41-29(30,31)32/h3-4,6-15,19,35H,5,17-18H2,1-2H3,(H,34,37,39)(H2,36,38,42). The Morgan fingerprint density at radius 3 is 2.43 bits per heavy atom. The molecule has 218 valence electrons. The second-order valence-corrected chi connectivity index (χ2v) is 9.83. The second-order valence-electron chi connectivity index (χ2n) is 9.42. The first-order valence-electron chi connectivity index (χ1n) is 13.0. The predicted molar refractivity (Wildman–Crippen MR) is 159 cm³/mol. The van der Waals surface area contributed by atoms with E-state index in [1.54, 1.807) is 0 Å². The van der Waals surface area contributed by atoms with Crippen LogP contribution in [-0.2, 0) is 6.54 Å². The van der Waals surface area contributed by atoms with Gasteiger partial charge >= 0.3 is 6.36 Å². The molecule has 0 saturated heterocycles. The summed E-state index contributed by atoms with van der Waals surface area (Å²) in [6.45, 7) is 5.06. The molecule has 42 heavy (non-hydrogen) atoms. The highest BCUT2D eigenvalue weighted by molar-refractivity contribution is 7.80. The zero-order valence-electron chi connectivity index (χ0n) is 22.9. The van der Waals surface area contributed by atoms with E-state index < -0.39 is 6.36 Å². The average Bonchev–Trinajstić information content (AvgIpc) is 3.37. The number of nitriles is 1. The molecule has 0 aliphatic carbocycles. The van der Waals surface area contributed by atoms with Crippen LogP contribution in [0.25, 0.3) is 17.1 Å². The Labute approximate surface area is 246 Å². The van der Waals surface area contributed by atoms with Gasteiger partial charge in [0.05, 0.1) is 18.2 Å². The zero-order chi connectivity index (χ0) is 30.1. The van der Waals surface area contributed by atoms with Gasteiger partial charge < -0.3 is 15.4 Å². The number of alkyl halides is 3. The Kier molecular flexibility index (Phi) is 9.95. The van der Waals surface area contributed by atoms with Crippen molar-refractivity contribution in [1.82, 2.24) is 25.6 Å². The van der Waals surface area contributed by atoms with Crippen LogP contribution < -0.4 is 26.2 Å². The molecule has 4 N–H and O–H groups in total. The third-order valence-corrected chi connectivity index (χ3v) is 6.18. The molecule has 0 atom stereocenters. The number of aromatic nitrogens is 3. The van der Waals surface area contributed by atoms with Crippen molar-refractivity contribution >= 4 is 29.0 Å². The molecule has 0 spiro atoms. The molecule has 0 unspecified atom stereocenters. The summed E-state index contributed by atoms with van der Waals surface area (Å²) < 4.78 is 43.0. The summed E-state index contributed by atoms with van der Waals surface area (Å²) in [7, 11) is 0. The molecular formula is C29H29F3N8OS. The fourth-order valence-corrected chi connectivity index (χ4v) is 4.20. The van der Waals surface area contributed by atoms with Gasteiger partial charge in [0.1, 0.15) is 5.75 Å².